The molecular weight excluding hydrogens is 272 g/mol. The molecule has 1 atom stereocenters. The minimum Gasteiger partial charge on any atom is -0.375 e. The van der Waals surface area contributed by atoms with Crippen LogP contribution in [0.5, 0.6) is 0 Å². The second-order valence-corrected chi connectivity index (χ2v) is 4.75. The van der Waals surface area contributed by atoms with Crippen molar-refractivity contribution in [2.24, 2.45) is 0 Å². The molecule has 2 nitrogen and oxygen atoms in total. The largest absolute Gasteiger partial charge is 0.375 e. The maximum absolute atomic E-state index is 12.0. The molecule has 5 heteroatoms. The van der Waals surface area contributed by atoms with Crippen molar-refractivity contribution < 1.29 is 13.5 Å². The predicted molar refractivity (Wildman–Crippen MR) is 73.9 cm³/mol. The molecule has 1 unspecified atom stereocenters. The van der Waals surface area contributed by atoms with Gasteiger partial charge in [-0.2, -0.15) is 0 Å². The van der Waals surface area contributed by atoms with Crippen LogP contribution in [0.1, 0.15) is 31.4 Å². The van der Waals surface area contributed by atoms with Crippen LogP contribution in [-0.2, 0) is 4.74 Å². The first kappa shape index (κ1) is 16.3. The summed E-state index contributed by atoms with van der Waals surface area (Å²) in [4.78, 5) is 0. The standard InChI is InChI=1S/C14H20ClF2NO/c1-2-8-18-13(7-9-19-10-14(16)17)11-3-5-12(15)6-4-11/h3-6,13-14,18H,2,7-10H2,1H3. The fraction of sp³-hybridized carbons (Fsp3) is 0.571. The molecule has 0 aliphatic rings. The van der Waals surface area contributed by atoms with E-state index in [9.17, 15) is 8.78 Å². The van der Waals surface area contributed by atoms with E-state index in [2.05, 4.69) is 12.2 Å². The molecule has 0 aromatic heterocycles. The highest BCUT2D eigenvalue weighted by molar-refractivity contribution is 6.30. The highest BCUT2D eigenvalue weighted by Gasteiger charge is 2.11. The van der Waals surface area contributed by atoms with Crippen LogP contribution < -0.4 is 5.32 Å². The Balaban J connectivity index is 2.48. The van der Waals surface area contributed by atoms with Crippen LogP contribution in [0, 0.1) is 0 Å². The van der Waals surface area contributed by atoms with Gasteiger partial charge in [0.05, 0.1) is 0 Å². The highest BCUT2D eigenvalue weighted by atomic mass is 35.5. The number of hydrogen-bond donors (Lipinski definition) is 1. The van der Waals surface area contributed by atoms with E-state index in [1.165, 1.54) is 0 Å². The van der Waals surface area contributed by atoms with E-state index >= 15 is 0 Å². The fourth-order valence-electron chi connectivity index (χ4n) is 1.77. The van der Waals surface area contributed by atoms with Gasteiger partial charge in [-0.3, -0.25) is 0 Å². The SMILES string of the molecule is CCCNC(CCOCC(F)F)c1ccc(Cl)cc1. The monoisotopic (exact) mass is 291 g/mol. The Bertz CT molecular complexity index is 346. The first-order valence-corrected chi connectivity index (χ1v) is 6.86. The van der Waals surface area contributed by atoms with Crippen molar-refractivity contribution >= 4 is 11.6 Å². The highest BCUT2D eigenvalue weighted by Crippen LogP contribution is 2.19. The minimum atomic E-state index is -2.41. The van der Waals surface area contributed by atoms with Gasteiger partial charge in [0.1, 0.15) is 6.61 Å². The summed E-state index contributed by atoms with van der Waals surface area (Å²) in [6.45, 7) is 2.77. The molecule has 1 aromatic rings. The van der Waals surface area contributed by atoms with Crippen molar-refractivity contribution in [2.45, 2.75) is 32.2 Å². The molecule has 108 valence electrons. The van der Waals surface area contributed by atoms with Crippen molar-refractivity contribution in [3.63, 3.8) is 0 Å². The van der Waals surface area contributed by atoms with Gasteiger partial charge < -0.3 is 10.1 Å². The Labute approximate surface area is 118 Å². The molecule has 0 fully saturated rings. The molecule has 0 heterocycles. The van der Waals surface area contributed by atoms with E-state index in [1.807, 2.05) is 24.3 Å². The summed E-state index contributed by atoms with van der Waals surface area (Å²) >= 11 is 5.85. The lowest BCUT2D eigenvalue weighted by molar-refractivity contribution is 0.0143. The van der Waals surface area contributed by atoms with Crippen molar-refractivity contribution in [3.05, 3.63) is 34.9 Å². The molecule has 0 bridgehead atoms. The summed E-state index contributed by atoms with van der Waals surface area (Å²) in [5.41, 5.74) is 1.10. The lowest BCUT2D eigenvalue weighted by atomic mass is 10.0. The molecule has 0 amide bonds. The van der Waals surface area contributed by atoms with Crippen LogP contribution in [0.2, 0.25) is 5.02 Å². The van der Waals surface area contributed by atoms with Crippen LogP contribution in [0.25, 0.3) is 0 Å². The zero-order valence-corrected chi connectivity index (χ0v) is 11.8. The second-order valence-electron chi connectivity index (χ2n) is 4.31. The third kappa shape index (κ3) is 6.85. The van der Waals surface area contributed by atoms with E-state index in [4.69, 9.17) is 16.3 Å². The number of hydrogen-bond acceptors (Lipinski definition) is 2. The molecule has 1 rings (SSSR count). The minimum absolute atomic E-state index is 0.106. The number of benzene rings is 1. The first-order valence-electron chi connectivity index (χ1n) is 6.48. The van der Waals surface area contributed by atoms with Gasteiger partial charge in [-0.25, -0.2) is 8.78 Å². The molecule has 0 saturated carbocycles. The van der Waals surface area contributed by atoms with Crippen LogP contribution in [-0.4, -0.2) is 26.2 Å². The number of alkyl halides is 2. The zero-order chi connectivity index (χ0) is 14.1. The Kier molecular flexibility index (Phi) is 7.94. The van der Waals surface area contributed by atoms with Gasteiger partial charge in [-0.15, -0.1) is 0 Å². The molecule has 19 heavy (non-hydrogen) atoms. The summed E-state index contributed by atoms with van der Waals surface area (Å²) in [5, 5.41) is 4.07. The molecule has 1 aromatic carbocycles. The summed E-state index contributed by atoms with van der Waals surface area (Å²) in [6, 6.07) is 7.66. The molecule has 0 saturated heterocycles. The second kappa shape index (κ2) is 9.23. The van der Waals surface area contributed by atoms with E-state index in [-0.39, 0.29) is 6.04 Å². The van der Waals surface area contributed by atoms with Crippen molar-refractivity contribution in [3.8, 4) is 0 Å². The van der Waals surface area contributed by atoms with Gasteiger partial charge in [0, 0.05) is 17.7 Å². The van der Waals surface area contributed by atoms with Crippen molar-refractivity contribution in [2.75, 3.05) is 19.8 Å². The number of nitrogens with one attached hydrogen (secondary N) is 1. The molecule has 0 spiro atoms. The molecule has 1 N–H and O–H groups in total. The third-order valence-corrected chi connectivity index (χ3v) is 2.96. The maximum Gasteiger partial charge on any atom is 0.261 e. The van der Waals surface area contributed by atoms with Gasteiger partial charge in [0.25, 0.3) is 6.43 Å². The summed E-state index contributed by atoms with van der Waals surface area (Å²) in [5.74, 6) is 0. The molecule has 0 radical (unpaired) electrons. The fourth-order valence-corrected chi connectivity index (χ4v) is 1.90. The number of halogens is 3. The summed E-state index contributed by atoms with van der Waals surface area (Å²) < 4.78 is 28.9. The first-order chi connectivity index (χ1) is 9.13. The predicted octanol–water partition coefficient (Wildman–Crippen LogP) is 4.05. The van der Waals surface area contributed by atoms with E-state index in [0.717, 1.165) is 18.5 Å². The van der Waals surface area contributed by atoms with E-state index in [1.54, 1.807) is 0 Å². The lowest BCUT2D eigenvalue weighted by Gasteiger charge is -2.19. The lowest BCUT2D eigenvalue weighted by Crippen LogP contribution is -2.23. The van der Waals surface area contributed by atoms with Gasteiger partial charge in [-0.05, 0) is 37.1 Å². The van der Waals surface area contributed by atoms with Gasteiger partial charge >= 0.3 is 0 Å². The quantitative estimate of drug-likeness (QED) is 0.693. The normalized spacial score (nSPS) is 12.9. The van der Waals surface area contributed by atoms with Gasteiger partial charge in [0.2, 0.25) is 0 Å². The molecule has 0 aliphatic carbocycles. The van der Waals surface area contributed by atoms with Crippen LogP contribution in [0.15, 0.2) is 24.3 Å². The van der Waals surface area contributed by atoms with Gasteiger partial charge in [0.15, 0.2) is 0 Å². The Morgan fingerprint density at radius 1 is 1.26 bits per heavy atom. The summed E-state index contributed by atoms with van der Waals surface area (Å²) in [7, 11) is 0. The average Bonchev–Trinajstić information content (AvgIpc) is 2.39. The van der Waals surface area contributed by atoms with E-state index < -0.39 is 13.0 Å². The molecular formula is C14H20ClF2NO. The Morgan fingerprint density at radius 2 is 1.95 bits per heavy atom. The summed E-state index contributed by atoms with van der Waals surface area (Å²) in [6.07, 6.45) is -0.728. The Morgan fingerprint density at radius 3 is 2.53 bits per heavy atom. The zero-order valence-electron chi connectivity index (χ0n) is 11.0. The van der Waals surface area contributed by atoms with Crippen LogP contribution in [0.3, 0.4) is 0 Å². The Hall–Kier alpha value is -0.710. The van der Waals surface area contributed by atoms with E-state index in [0.29, 0.717) is 18.1 Å². The molecule has 0 aliphatic heterocycles. The average molecular weight is 292 g/mol. The number of rotatable bonds is 9. The number of ether oxygens (including phenoxy) is 1. The van der Waals surface area contributed by atoms with Crippen LogP contribution in [0.4, 0.5) is 8.78 Å². The topological polar surface area (TPSA) is 21.3 Å². The third-order valence-electron chi connectivity index (χ3n) is 2.71. The van der Waals surface area contributed by atoms with Gasteiger partial charge in [-0.1, -0.05) is 30.7 Å². The maximum atomic E-state index is 12.0. The van der Waals surface area contributed by atoms with Crippen molar-refractivity contribution in [1.82, 2.24) is 5.32 Å². The van der Waals surface area contributed by atoms with Crippen molar-refractivity contribution in [1.29, 1.82) is 0 Å². The smallest absolute Gasteiger partial charge is 0.261 e. The van der Waals surface area contributed by atoms with Crippen LogP contribution >= 0.6 is 11.6 Å².